The SMILES string of the molecule is C=C(C)CNC(=O)C(c1cccc2c1CCO2)N(CC1(C)OCCO1)C(=O)C1CCCN(S(=O)(=O)C(F)(F)F)C1. The molecule has 3 aliphatic rings. The Morgan fingerprint density at radius 3 is 2.60 bits per heavy atom. The Balaban J connectivity index is 1.75. The summed E-state index contributed by atoms with van der Waals surface area (Å²) in [7, 11) is -5.63. The van der Waals surface area contributed by atoms with Gasteiger partial charge in [0.15, 0.2) is 5.79 Å². The number of nitrogens with zero attached hydrogens (tertiary/aromatic N) is 2. The highest BCUT2D eigenvalue weighted by atomic mass is 32.2. The van der Waals surface area contributed by atoms with Crippen LogP contribution in [0, 0.1) is 5.92 Å². The van der Waals surface area contributed by atoms with Gasteiger partial charge >= 0.3 is 15.5 Å². The van der Waals surface area contributed by atoms with E-state index in [0.717, 1.165) is 5.56 Å². The van der Waals surface area contributed by atoms with Crippen molar-refractivity contribution < 1.29 is 45.4 Å². The van der Waals surface area contributed by atoms with E-state index < -0.39 is 51.6 Å². The second-order valence-electron chi connectivity index (χ2n) is 10.4. The Kier molecular flexibility index (Phi) is 8.83. The molecule has 4 rings (SSSR count). The van der Waals surface area contributed by atoms with Gasteiger partial charge in [0.25, 0.3) is 0 Å². The van der Waals surface area contributed by atoms with E-state index in [1.54, 1.807) is 32.0 Å². The normalized spacial score (nSPS) is 21.8. The molecule has 10 nitrogen and oxygen atoms in total. The number of piperidine rings is 1. The Labute approximate surface area is 231 Å². The van der Waals surface area contributed by atoms with Crippen LogP contribution in [-0.4, -0.2) is 86.7 Å². The molecule has 2 unspecified atom stereocenters. The third kappa shape index (κ3) is 6.29. The fourth-order valence-electron chi connectivity index (χ4n) is 5.29. The largest absolute Gasteiger partial charge is 0.511 e. The number of hydrogen-bond acceptors (Lipinski definition) is 7. The first-order valence-electron chi connectivity index (χ1n) is 13.0. The van der Waals surface area contributed by atoms with E-state index >= 15 is 0 Å². The molecule has 222 valence electrons. The molecule has 1 aromatic rings. The van der Waals surface area contributed by atoms with Crippen LogP contribution in [0.25, 0.3) is 0 Å². The summed E-state index contributed by atoms with van der Waals surface area (Å²) in [6, 6.07) is 3.94. The number of rotatable bonds is 9. The van der Waals surface area contributed by atoms with Crippen LogP contribution >= 0.6 is 0 Å². The van der Waals surface area contributed by atoms with Crippen molar-refractivity contribution in [3.05, 3.63) is 41.5 Å². The molecule has 0 saturated carbocycles. The number of carbonyl (C=O) groups excluding carboxylic acids is 2. The number of benzene rings is 1. The number of amides is 2. The number of sulfonamides is 1. The molecule has 2 amide bonds. The standard InChI is InChI=1S/C26H34F3N3O7S/c1-17(2)14-30-23(33)22(20-7-4-8-21-19(20)9-11-37-21)32(16-25(3)38-12-13-39-25)24(34)18-6-5-10-31(15-18)40(35,36)26(27,28)29/h4,7-8,18,22H,1,5-6,9-16H2,2-3H3,(H,30,33). The lowest BCUT2D eigenvalue weighted by atomic mass is 9.92. The molecule has 2 saturated heterocycles. The van der Waals surface area contributed by atoms with Gasteiger partial charge in [-0.3, -0.25) is 9.59 Å². The fourth-order valence-corrected chi connectivity index (χ4v) is 6.33. The second-order valence-corrected chi connectivity index (χ2v) is 12.4. The van der Waals surface area contributed by atoms with Crippen molar-refractivity contribution in [3.8, 4) is 5.75 Å². The van der Waals surface area contributed by atoms with Gasteiger partial charge in [-0.05, 0) is 38.3 Å². The summed E-state index contributed by atoms with van der Waals surface area (Å²) in [5.74, 6) is -3.05. The summed E-state index contributed by atoms with van der Waals surface area (Å²) in [5.41, 5.74) is -3.59. The second kappa shape index (κ2) is 11.7. The zero-order chi connectivity index (χ0) is 29.3. The Hall–Kier alpha value is -2.68. The fraction of sp³-hybridized carbons (Fsp3) is 0.615. The minimum atomic E-state index is -5.63. The van der Waals surface area contributed by atoms with Crippen LogP contribution in [0.1, 0.15) is 43.9 Å². The molecule has 0 bridgehead atoms. The number of nitrogens with one attached hydrogen (secondary N) is 1. The lowest BCUT2D eigenvalue weighted by Gasteiger charge is -2.40. The quantitative estimate of drug-likeness (QED) is 0.441. The first-order chi connectivity index (χ1) is 18.7. The van der Waals surface area contributed by atoms with Crippen molar-refractivity contribution in [2.24, 2.45) is 5.92 Å². The topological polar surface area (TPSA) is 114 Å². The van der Waals surface area contributed by atoms with E-state index in [0.29, 0.717) is 34.2 Å². The van der Waals surface area contributed by atoms with Gasteiger partial charge in [-0.25, -0.2) is 8.42 Å². The summed E-state index contributed by atoms with van der Waals surface area (Å²) in [6.07, 6.45) is 0.682. The predicted octanol–water partition coefficient (Wildman–Crippen LogP) is 2.51. The molecule has 3 heterocycles. The summed E-state index contributed by atoms with van der Waals surface area (Å²) >= 11 is 0. The van der Waals surface area contributed by atoms with E-state index in [4.69, 9.17) is 14.2 Å². The van der Waals surface area contributed by atoms with Gasteiger partial charge in [0, 0.05) is 31.6 Å². The van der Waals surface area contributed by atoms with Crippen LogP contribution in [0.3, 0.4) is 0 Å². The van der Waals surface area contributed by atoms with Gasteiger partial charge < -0.3 is 24.4 Å². The van der Waals surface area contributed by atoms with E-state index in [-0.39, 0.29) is 45.7 Å². The Morgan fingerprint density at radius 1 is 1.25 bits per heavy atom. The molecule has 0 spiro atoms. The van der Waals surface area contributed by atoms with Gasteiger partial charge in [-0.1, -0.05) is 24.3 Å². The monoisotopic (exact) mass is 589 g/mol. The lowest BCUT2D eigenvalue weighted by Crippen LogP contribution is -2.55. The maximum absolute atomic E-state index is 14.2. The molecule has 1 N–H and O–H groups in total. The van der Waals surface area contributed by atoms with Crippen LogP contribution in [0.5, 0.6) is 5.75 Å². The van der Waals surface area contributed by atoms with Crippen molar-refractivity contribution >= 4 is 21.8 Å². The minimum Gasteiger partial charge on any atom is -0.493 e. The molecule has 14 heteroatoms. The van der Waals surface area contributed by atoms with Gasteiger partial charge in [0.1, 0.15) is 11.8 Å². The molecular weight excluding hydrogens is 555 g/mol. The molecular formula is C26H34F3N3O7S. The zero-order valence-corrected chi connectivity index (χ0v) is 23.3. The first kappa shape index (κ1) is 30.3. The number of halogens is 3. The third-order valence-corrected chi connectivity index (χ3v) is 8.80. The summed E-state index contributed by atoms with van der Waals surface area (Å²) in [6.45, 7) is 6.93. The molecule has 0 aliphatic carbocycles. The highest BCUT2D eigenvalue weighted by Crippen LogP contribution is 2.38. The molecule has 3 aliphatic heterocycles. The van der Waals surface area contributed by atoms with Crippen LogP contribution in [0.15, 0.2) is 30.4 Å². The number of alkyl halides is 3. The van der Waals surface area contributed by atoms with Crippen molar-refractivity contribution in [1.29, 1.82) is 0 Å². The zero-order valence-electron chi connectivity index (χ0n) is 22.5. The average molecular weight is 590 g/mol. The van der Waals surface area contributed by atoms with Crippen molar-refractivity contribution in [1.82, 2.24) is 14.5 Å². The van der Waals surface area contributed by atoms with Gasteiger partial charge in [0.05, 0.1) is 32.3 Å². The molecule has 0 aromatic heterocycles. The number of ether oxygens (including phenoxy) is 3. The number of hydrogen-bond donors (Lipinski definition) is 1. The molecule has 0 radical (unpaired) electrons. The van der Waals surface area contributed by atoms with E-state index in [9.17, 15) is 31.2 Å². The predicted molar refractivity (Wildman–Crippen MR) is 137 cm³/mol. The van der Waals surface area contributed by atoms with Crippen LogP contribution in [0.2, 0.25) is 0 Å². The molecule has 40 heavy (non-hydrogen) atoms. The number of carbonyl (C=O) groups is 2. The van der Waals surface area contributed by atoms with Crippen molar-refractivity contribution in [2.75, 3.05) is 46.0 Å². The molecule has 1 aromatic carbocycles. The number of fused-ring (bicyclic) bond motifs is 1. The Bertz CT molecular complexity index is 1250. The molecule has 2 fully saturated rings. The molecule has 2 atom stereocenters. The van der Waals surface area contributed by atoms with Crippen LogP contribution in [0.4, 0.5) is 13.2 Å². The summed E-state index contributed by atoms with van der Waals surface area (Å²) in [4.78, 5) is 29.2. The van der Waals surface area contributed by atoms with Crippen molar-refractivity contribution in [2.45, 2.75) is 50.4 Å². The smallest absolute Gasteiger partial charge is 0.493 e. The lowest BCUT2D eigenvalue weighted by molar-refractivity contribution is -0.175. The highest BCUT2D eigenvalue weighted by Gasteiger charge is 2.52. The highest BCUT2D eigenvalue weighted by molar-refractivity contribution is 7.90. The summed E-state index contributed by atoms with van der Waals surface area (Å²) < 4.78 is 81.8. The van der Waals surface area contributed by atoms with E-state index in [1.165, 1.54) is 4.90 Å². The third-order valence-electron chi connectivity index (χ3n) is 7.20. The maximum atomic E-state index is 14.2. The van der Waals surface area contributed by atoms with Crippen molar-refractivity contribution in [3.63, 3.8) is 0 Å². The minimum absolute atomic E-state index is 0.0465. The van der Waals surface area contributed by atoms with E-state index in [2.05, 4.69) is 11.9 Å². The maximum Gasteiger partial charge on any atom is 0.511 e. The van der Waals surface area contributed by atoms with Gasteiger partial charge in [-0.2, -0.15) is 17.5 Å². The van der Waals surface area contributed by atoms with E-state index in [1.807, 2.05) is 0 Å². The van der Waals surface area contributed by atoms with Crippen LogP contribution < -0.4 is 10.1 Å². The van der Waals surface area contributed by atoms with Gasteiger partial charge in [-0.15, -0.1) is 0 Å². The van der Waals surface area contributed by atoms with Gasteiger partial charge in [0.2, 0.25) is 11.8 Å². The van der Waals surface area contributed by atoms with Crippen LogP contribution in [-0.2, 0) is 35.5 Å². The summed E-state index contributed by atoms with van der Waals surface area (Å²) in [5, 5.41) is 2.79. The Morgan fingerprint density at radius 2 is 1.95 bits per heavy atom. The first-order valence-corrected chi connectivity index (χ1v) is 14.5. The average Bonchev–Trinajstić information content (AvgIpc) is 3.55.